The highest BCUT2D eigenvalue weighted by molar-refractivity contribution is 6.30. The van der Waals surface area contributed by atoms with Crippen molar-refractivity contribution in [1.29, 1.82) is 0 Å². The zero-order chi connectivity index (χ0) is 20.3. The summed E-state index contributed by atoms with van der Waals surface area (Å²) in [6, 6.07) is 16.5. The van der Waals surface area contributed by atoms with Gasteiger partial charge in [-0.15, -0.1) is 0 Å². The fourth-order valence-corrected chi connectivity index (χ4v) is 4.44. The lowest BCUT2D eigenvalue weighted by Gasteiger charge is -2.14. The predicted molar refractivity (Wildman–Crippen MR) is 119 cm³/mol. The average molecular weight is 421 g/mol. The normalized spacial score (nSPS) is 28.2. The Morgan fingerprint density at radius 3 is 1.21 bits per heavy atom. The molecule has 0 amide bonds. The van der Waals surface area contributed by atoms with Crippen LogP contribution >= 0.6 is 23.2 Å². The van der Waals surface area contributed by atoms with E-state index in [1.165, 1.54) is 11.1 Å². The van der Waals surface area contributed by atoms with Gasteiger partial charge in [0.25, 0.3) is 0 Å². The minimum atomic E-state index is 0.251. The van der Waals surface area contributed by atoms with Crippen molar-refractivity contribution in [3.05, 3.63) is 69.7 Å². The van der Waals surface area contributed by atoms with Gasteiger partial charge in [-0.25, -0.2) is 0 Å². The molecule has 0 radical (unpaired) electrons. The van der Waals surface area contributed by atoms with Gasteiger partial charge in [-0.2, -0.15) is 0 Å². The highest BCUT2D eigenvalue weighted by atomic mass is 35.5. The number of rotatable bonds is 2. The fraction of sp³-hybridized carbons (Fsp3) is 0.455. The predicted octanol–water partition coefficient (Wildman–Crippen LogP) is 3.39. The van der Waals surface area contributed by atoms with Crippen LogP contribution in [0.15, 0.2) is 48.5 Å². The topological polar surface area (TPSA) is 58.5 Å². The maximum atomic E-state index is 6.06. The second kappa shape index (κ2) is 9.57. The Morgan fingerprint density at radius 1 is 0.643 bits per heavy atom. The minimum Gasteiger partial charge on any atom is -0.326 e. The zero-order valence-electron chi connectivity index (χ0n) is 16.6. The van der Waals surface area contributed by atoms with Gasteiger partial charge < -0.3 is 21.3 Å². The number of halogens is 2. The molecule has 2 fully saturated rings. The maximum absolute atomic E-state index is 6.06. The van der Waals surface area contributed by atoms with Crippen molar-refractivity contribution in [1.82, 2.24) is 9.80 Å². The number of hydrogen-bond acceptors (Lipinski definition) is 4. The lowest BCUT2D eigenvalue weighted by molar-refractivity contribution is 0.407. The lowest BCUT2D eigenvalue weighted by Crippen LogP contribution is -2.27. The van der Waals surface area contributed by atoms with E-state index in [9.17, 15) is 0 Å². The molecule has 28 heavy (non-hydrogen) atoms. The molecule has 2 aromatic carbocycles. The van der Waals surface area contributed by atoms with E-state index in [2.05, 4.69) is 48.2 Å². The van der Waals surface area contributed by atoms with Crippen molar-refractivity contribution >= 4 is 23.2 Å². The number of likely N-dealkylation sites (tertiary alicyclic amines) is 2. The monoisotopic (exact) mass is 420 g/mol. The van der Waals surface area contributed by atoms with Crippen LogP contribution in [0.2, 0.25) is 10.0 Å². The van der Waals surface area contributed by atoms with E-state index in [0.717, 1.165) is 36.2 Å². The average Bonchev–Trinajstić information content (AvgIpc) is 3.17. The lowest BCUT2D eigenvalue weighted by atomic mass is 9.95. The summed E-state index contributed by atoms with van der Waals surface area (Å²) in [5.74, 6) is 0.912. The molecule has 4 rings (SSSR count). The van der Waals surface area contributed by atoms with Gasteiger partial charge in [0.15, 0.2) is 0 Å². The maximum Gasteiger partial charge on any atom is 0.0406 e. The van der Waals surface area contributed by atoms with Crippen molar-refractivity contribution in [2.75, 3.05) is 40.3 Å². The Bertz CT molecular complexity index is 685. The molecule has 6 heteroatoms. The summed E-state index contributed by atoms with van der Waals surface area (Å²) in [5, 5.41) is 1.57. The van der Waals surface area contributed by atoms with E-state index < -0.39 is 0 Å². The van der Waals surface area contributed by atoms with E-state index >= 15 is 0 Å². The quantitative estimate of drug-likeness (QED) is 0.781. The Labute approximate surface area is 178 Å². The largest absolute Gasteiger partial charge is 0.326 e. The number of likely N-dealkylation sites (N-methyl/N-ethyl adjacent to an activating group) is 2. The molecule has 2 aliphatic rings. The van der Waals surface area contributed by atoms with Crippen LogP contribution in [0, 0.1) is 0 Å². The van der Waals surface area contributed by atoms with E-state index in [0.29, 0.717) is 11.8 Å². The van der Waals surface area contributed by atoms with E-state index in [1.54, 1.807) is 0 Å². The summed E-state index contributed by atoms with van der Waals surface area (Å²) < 4.78 is 0. The van der Waals surface area contributed by atoms with Crippen LogP contribution in [-0.2, 0) is 0 Å². The van der Waals surface area contributed by atoms with Crippen LogP contribution in [-0.4, -0.2) is 62.2 Å². The fourth-order valence-electron chi connectivity index (χ4n) is 4.19. The van der Waals surface area contributed by atoms with Gasteiger partial charge in [-0.3, -0.25) is 0 Å². The van der Waals surface area contributed by atoms with Gasteiger partial charge in [-0.1, -0.05) is 47.5 Å². The second-order valence-corrected chi connectivity index (χ2v) is 8.96. The van der Waals surface area contributed by atoms with Gasteiger partial charge in [0.05, 0.1) is 0 Å². The van der Waals surface area contributed by atoms with Crippen LogP contribution in [0.3, 0.4) is 0 Å². The first-order chi connectivity index (χ1) is 13.3. The molecule has 4 atom stereocenters. The van der Waals surface area contributed by atoms with Crippen LogP contribution in [0.4, 0.5) is 0 Å². The van der Waals surface area contributed by atoms with Gasteiger partial charge >= 0.3 is 0 Å². The number of nitrogens with zero attached hydrogens (tertiary/aromatic N) is 2. The minimum absolute atomic E-state index is 0.251. The summed E-state index contributed by atoms with van der Waals surface area (Å²) in [5.41, 5.74) is 14.7. The third kappa shape index (κ3) is 5.47. The SMILES string of the molecule is CN1C[C@@H](N)[C@H](c2ccc(Cl)cc2)C1.CN1C[C@H](c2ccc(Cl)cc2)[C@@H](N)C1. The summed E-state index contributed by atoms with van der Waals surface area (Å²) in [4.78, 5) is 4.54. The van der Waals surface area contributed by atoms with Crippen LogP contribution in [0.5, 0.6) is 0 Å². The smallest absolute Gasteiger partial charge is 0.0406 e. The van der Waals surface area contributed by atoms with Gasteiger partial charge in [-0.05, 0) is 49.5 Å². The molecule has 2 aliphatic heterocycles. The van der Waals surface area contributed by atoms with E-state index in [1.807, 2.05) is 24.3 Å². The van der Waals surface area contributed by atoms with Crippen molar-refractivity contribution in [3.8, 4) is 0 Å². The molecule has 2 saturated heterocycles. The number of hydrogen-bond donors (Lipinski definition) is 2. The second-order valence-electron chi connectivity index (χ2n) is 8.09. The highest BCUT2D eigenvalue weighted by Gasteiger charge is 2.29. The highest BCUT2D eigenvalue weighted by Crippen LogP contribution is 2.27. The Balaban J connectivity index is 0.000000161. The van der Waals surface area contributed by atoms with Gasteiger partial charge in [0.1, 0.15) is 0 Å². The molecule has 0 saturated carbocycles. The standard InChI is InChI=1S/2C11H15ClN2/c2*1-14-6-10(11(13)7-14)8-2-4-9(12)5-3-8/h2*2-5,10-11H,6-7,13H2,1H3/t2*10-,11+/m10/s1. The number of benzene rings is 2. The van der Waals surface area contributed by atoms with Crippen molar-refractivity contribution in [2.24, 2.45) is 11.5 Å². The van der Waals surface area contributed by atoms with E-state index in [-0.39, 0.29) is 12.1 Å². The third-order valence-corrected chi connectivity index (χ3v) is 6.20. The summed E-state index contributed by atoms with van der Waals surface area (Å²) in [6.07, 6.45) is 0. The summed E-state index contributed by atoms with van der Waals surface area (Å²) >= 11 is 11.7. The first-order valence-corrected chi connectivity index (χ1v) is 10.5. The molecule has 2 aromatic rings. The summed E-state index contributed by atoms with van der Waals surface area (Å²) in [6.45, 7) is 4.05. The first kappa shape index (κ1) is 21.6. The molecule has 0 spiro atoms. The summed E-state index contributed by atoms with van der Waals surface area (Å²) in [7, 11) is 4.21. The van der Waals surface area contributed by atoms with Crippen LogP contribution < -0.4 is 11.5 Å². The molecule has 0 bridgehead atoms. The molecule has 4 N–H and O–H groups in total. The molecule has 0 aromatic heterocycles. The molecular weight excluding hydrogens is 391 g/mol. The van der Waals surface area contributed by atoms with Gasteiger partial charge in [0.2, 0.25) is 0 Å². The van der Waals surface area contributed by atoms with Crippen molar-refractivity contribution < 1.29 is 0 Å². The van der Waals surface area contributed by atoms with Gasteiger partial charge in [0, 0.05) is 60.1 Å². The number of nitrogens with two attached hydrogens (primary N) is 2. The third-order valence-electron chi connectivity index (χ3n) is 5.69. The molecule has 152 valence electrons. The molecule has 4 nitrogen and oxygen atoms in total. The molecule has 2 heterocycles. The van der Waals surface area contributed by atoms with Crippen LogP contribution in [0.25, 0.3) is 0 Å². The Hall–Kier alpha value is -1.14. The molecule has 0 aliphatic carbocycles. The Morgan fingerprint density at radius 2 is 0.964 bits per heavy atom. The Kier molecular flexibility index (Phi) is 7.37. The van der Waals surface area contributed by atoms with Crippen molar-refractivity contribution in [3.63, 3.8) is 0 Å². The first-order valence-electron chi connectivity index (χ1n) is 9.72. The van der Waals surface area contributed by atoms with Crippen LogP contribution in [0.1, 0.15) is 23.0 Å². The van der Waals surface area contributed by atoms with Crippen molar-refractivity contribution in [2.45, 2.75) is 23.9 Å². The molecule has 0 unspecified atom stereocenters. The van der Waals surface area contributed by atoms with E-state index in [4.69, 9.17) is 34.7 Å². The zero-order valence-corrected chi connectivity index (χ0v) is 18.1. The molecular formula is C22H30Cl2N4.